The fraction of sp³-hybridized carbons (Fsp3) is 0.452. The smallest absolute Gasteiger partial charge is 0.406 e. The molecule has 3 aliphatic rings. The topological polar surface area (TPSA) is 104 Å². The van der Waals surface area contributed by atoms with Crippen LogP contribution in [0, 0.1) is 22.5 Å². The molecule has 0 bridgehead atoms. The number of hydrogen-bond donors (Lipinski definition) is 0. The number of ether oxygens (including phenoxy) is 2. The summed E-state index contributed by atoms with van der Waals surface area (Å²) in [5.41, 5.74) is 1.73. The molecule has 2 aliphatic heterocycles. The standard InChI is InChI=1S/C31H31BF4N6O3/c1-19(2)42(16-31(34,35)36)29(43)22-9-20(33)3-4-25(22)45-27-13-38-18-40-28(27)41-14-30(15-41)10-21(11-30)44-26-6-8-39-24-5-7-32(17-37)12-23(24)26/h3-4,6,8-9,13,18-19,21H,5,7,10-12,14-16H2,1-2H3. The number of nitriles is 1. The van der Waals surface area contributed by atoms with Gasteiger partial charge in [-0.25, -0.2) is 19.6 Å². The van der Waals surface area contributed by atoms with Gasteiger partial charge in [-0.05, 0) is 63.7 Å². The van der Waals surface area contributed by atoms with Crippen molar-refractivity contribution in [1.82, 2.24) is 19.9 Å². The molecule has 1 amide bonds. The molecule has 0 unspecified atom stereocenters. The average molecular weight is 622 g/mol. The van der Waals surface area contributed by atoms with E-state index in [9.17, 15) is 27.6 Å². The Bertz CT molecular complexity index is 1630. The summed E-state index contributed by atoms with van der Waals surface area (Å²) < 4.78 is 66.3. The van der Waals surface area contributed by atoms with Crippen molar-refractivity contribution in [3.63, 3.8) is 0 Å². The van der Waals surface area contributed by atoms with Gasteiger partial charge in [0.25, 0.3) is 12.6 Å². The Hall–Kier alpha value is -4.41. The van der Waals surface area contributed by atoms with Gasteiger partial charge < -0.3 is 19.3 Å². The van der Waals surface area contributed by atoms with E-state index in [2.05, 4.69) is 20.9 Å². The van der Waals surface area contributed by atoms with Gasteiger partial charge >= 0.3 is 6.18 Å². The first-order valence-electron chi connectivity index (χ1n) is 14.9. The summed E-state index contributed by atoms with van der Waals surface area (Å²) in [6, 6.07) is 4.25. The zero-order valence-corrected chi connectivity index (χ0v) is 24.9. The molecular weight excluding hydrogens is 591 g/mol. The van der Waals surface area contributed by atoms with Crippen LogP contribution in [0.25, 0.3) is 0 Å². The summed E-state index contributed by atoms with van der Waals surface area (Å²) in [6.45, 7) is 2.75. The Morgan fingerprint density at radius 1 is 1.20 bits per heavy atom. The molecular formula is C31H31BF4N6O3. The van der Waals surface area contributed by atoms with Crippen LogP contribution in [-0.4, -0.2) is 70.4 Å². The Kier molecular flexibility index (Phi) is 8.05. The molecule has 2 aromatic heterocycles. The first kappa shape index (κ1) is 30.6. The van der Waals surface area contributed by atoms with E-state index in [1.807, 2.05) is 11.0 Å². The van der Waals surface area contributed by atoms with Crippen LogP contribution in [0.5, 0.6) is 17.2 Å². The molecule has 3 aromatic rings. The number of alkyl halides is 3. The van der Waals surface area contributed by atoms with Gasteiger partial charge in [0.15, 0.2) is 11.6 Å². The van der Waals surface area contributed by atoms with Crippen LogP contribution >= 0.6 is 0 Å². The maximum Gasteiger partial charge on any atom is 0.406 e. The molecule has 0 N–H and O–H groups in total. The average Bonchev–Trinajstić information content (AvgIpc) is 2.96. The van der Waals surface area contributed by atoms with E-state index in [1.54, 1.807) is 6.20 Å². The minimum absolute atomic E-state index is 0.0283. The van der Waals surface area contributed by atoms with E-state index >= 15 is 0 Å². The number of carbonyl (C=O) groups is 1. The van der Waals surface area contributed by atoms with Crippen LogP contribution in [0.4, 0.5) is 23.4 Å². The fourth-order valence-corrected chi connectivity index (χ4v) is 6.50. The quantitative estimate of drug-likeness (QED) is 0.241. The molecule has 0 atom stereocenters. The lowest BCUT2D eigenvalue weighted by Gasteiger charge is -2.59. The van der Waals surface area contributed by atoms with Crippen LogP contribution < -0.4 is 14.4 Å². The van der Waals surface area contributed by atoms with E-state index in [-0.39, 0.29) is 35.3 Å². The summed E-state index contributed by atoms with van der Waals surface area (Å²) in [7, 11) is 0. The second kappa shape index (κ2) is 11.8. The first-order valence-corrected chi connectivity index (χ1v) is 14.9. The number of pyridine rings is 1. The number of nitrogens with zero attached hydrogens (tertiary/aromatic N) is 6. The lowest BCUT2D eigenvalue weighted by molar-refractivity contribution is -0.143. The van der Waals surface area contributed by atoms with Gasteiger partial charge in [0.05, 0.1) is 11.8 Å². The largest absolute Gasteiger partial charge is 0.490 e. The van der Waals surface area contributed by atoms with Crippen molar-refractivity contribution in [3.05, 3.63) is 65.6 Å². The zero-order valence-electron chi connectivity index (χ0n) is 24.9. The number of aryl methyl sites for hydroxylation is 1. The number of fused-ring (bicyclic) bond motifs is 1. The van der Waals surface area contributed by atoms with Crippen molar-refractivity contribution in [2.45, 2.75) is 64.1 Å². The predicted molar refractivity (Wildman–Crippen MR) is 157 cm³/mol. The van der Waals surface area contributed by atoms with Crippen LogP contribution in [0.1, 0.15) is 48.3 Å². The van der Waals surface area contributed by atoms with Crippen molar-refractivity contribution in [3.8, 4) is 23.2 Å². The molecule has 9 nitrogen and oxygen atoms in total. The van der Waals surface area contributed by atoms with Crippen LogP contribution in [0.15, 0.2) is 43.0 Å². The maximum atomic E-state index is 14.2. The molecule has 4 heterocycles. The van der Waals surface area contributed by atoms with Gasteiger partial charge in [-0.1, -0.05) is 6.32 Å². The highest BCUT2D eigenvalue weighted by atomic mass is 19.4. The van der Waals surface area contributed by atoms with Crippen molar-refractivity contribution in [1.29, 1.82) is 5.26 Å². The fourth-order valence-electron chi connectivity index (χ4n) is 6.50. The SMILES string of the molecule is CC(C)N(CC(F)(F)F)C(=O)c1cc(F)ccc1Oc1cncnc1N1CC2(CC(Oc3ccnc4c3CB(C#N)CC4)C2)C1. The van der Waals surface area contributed by atoms with Crippen molar-refractivity contribution >= 4 is 18.4 Å². The Morgan fingerprint density at radius 2 is 1.98 bits per heavy atom. The summed E-state index contributed by atoms with van der Waals surface area (Å²) in [6.07, 6.45) is 3.84. The number of amides is 1. The number of anilines is 1. The van der Waals surface area contributed by atoms with Gasteiger partial charge in [-0.15, -0.1) is 0 Å². The normalized spacial score (nSPS) is 17.3. The third-order valence-electron chi connectivity index (χ3n) is 8.72. The van der Waals surface area contributed by atoms with Gasteiger partial charge in [0.1, 0.15) is 36.3 Å². The highest BCUT2D eigenvalue weighted by Gasteiger charge is 2.54. The highest BCUT2D eigenvalue weighted by Crippen LogP contribution is 2.52. The predicted octanol–water partition coefficient (Wildman–Crippen LogP) is 5.46. The number of benzene rings is 1. The second-order valence-electron chi connectivity index (χ2n) is 12.4. The maximum absolute atomic E-state index is 14.2. The molecule has 14 heteroatoms. The number of rotatable bonds is 8. The lowest BCUT2D eigenvalue weighted by Crippen LogP contribution is -2.65. The van der Waals surface area contributed by atoms with Crippen LogP contribution in [-0.2, 0) is 12.7 Å². The highest BCUT2D eigenvalue weighted by molar-refractivity contribution is 6.66. The number of carbonyl (C=O) groups excluding carboxylic acids is 1. The monoisotopic (exact) mass is 622 g/mol. The Labute approximate surface area is 258 Å². The molecule has 6 rings (SSSR count). The molecule has 0 radical (unpaired) electrons. The van der Waals surface area contributed by atoms with E-state index in [4.69, 9.17) is 9.47 Å². The third-order valence-corrected chi connectivity index (χ3v) is 8.72. The summed E-state index contributed by atoms with van der Waals surface area (Å²) in [5, 5.41) is 9.40. The molecule has 1 saturated heterocycles. The van der Waals surface area contributed by atoms with Gasteiger partial charge in [-0.3, -0.25) is 9.78 Å². The van der Waals surface area contributed by atoms with Crippen LogP contribution in [0.3, 0.4) is 0 Å². The third kappa shape index (κ3) is 6.39. The van der Waals surface area contributed by atoms with Gasteiger partial charge in [0.2, 0.25) is 0 Å². The van der Waals surface area contributed by atoms with Gasteiger partial charge in [-0.2, -0.15) is 13.2 Å². The minimum atomic E-state index is -4.63. The van der Waals surface area contributed by atoms with Crippen molar-refractivity contribution in [2.75, 3.05) is 24.5 Å². The number of hydrogen-bond acceptors (Lipinski definition) is 8. The van der Waals surface area contributed by atoms with Crippen molar-refractivity contribution in [2.24, 2.45) is 5.41 Å². The van der Waals surface area contributed by atoms with Gasteiger partial charge in [0, 0.05) is 48.0 Å². The lowest BCUT2D eigenvalue weighted by atomic mass is 9.42. The zero-order chi connectivity index (χ0) is 31.9. The van der Waals surface area contributed by atoms with E-state index in [1.165, 1.54) is 32.4 Å². The van der Waals surface area contributed by atoms with E-state index < -0.39 is 30.5 Å². The molecule has 2 fully saturated rings. The molecule has 45 heavy (non-hydrogen) atoms. The van der Waals surface area contributed by atoms with Crippen LogP contribution in [0.2, 0.25) is 6.32 Å². The summed E-state index contributed by atoms with van der Waals surface area (Å²) >= 11 is 0. The molecule has 234 valence electrons. The minimum Gasteiger partial charge on any atom is -0.490 e. The van der Waals surface area contributed by atoms with Crippen molar-refractivity contribution < 1.29 is 31.8 Å². The summed E-state index contributed by atoms with van der Waals surface area (Å²) in [5.74, 6) is 1.95. The van der Waals surface area contributed by atoms with E-state index in [0.29, 0.717) is 30.1 Å². The molecule has 1 spiro atoms. The summed E-state index contributed by atoms with van der Waals surface area (Å²) in [4.78, 5) is 28.8. The second-order valence-corrected chi connectivity index (χ2v) is 12.4. The molecule has 1 aliphatic carbocycles. The Morgan fingerprint density at radius 3 is 2.69 bits per heavy atom. The first-order chi connectivity index (χ1) is 21.4. The number of aromatic nitrogens is 3. The van der Waals surface area contributed by atoms with E-state index in [0.717, 1.165) is 54.7 Å². The number of halogens is 4. The molecule has 1 saturated carbocycles. The molecule has 1 aromatic carbocycles. The Balaban J connectivity index is 1.13.